The number of rotatable bonds is 2. The molecule has 0 spiro atoms. The maximum Gasteiger partial charge on any atom is 0.435 e. The zero-order valence-corrected chi connectivity index (χ0v) is 8.65. The third kappa shape index (κ3) is 2.31. The normalized spacial score (nSPS) is 11.8. The lowest BCUT2D eigenvalue weighted by atomic mass is 10.2. The molecule has 2 rings (SSSR count). The number of halogens is 3. The Balaban J connectivity index is 2.44. The van der Waals surface area contributed by atoms with Gasteiger partial charge >= 0.3 is 6.18 Å². The van der Waals surface area contributed by atoms with Gasteiger partial charge in [-0.25, -0.2) is 4.68 Å². The third-order valence-corrected chi connectivity index (χ3v) is 2.29. The van der Waals surface area contributed by atoms with Crippen molar-refractivity contribution in [3.63, 3.8) is 0 Å². The maximum atomic E-state index is 12.4. The van der Waals surface area contributed by atoms with Crippen molar-refractivity contribution in [3.8, 4) is 5.69 Å². The summed E-state index contributed by atoms with van der Waals surface area (Å²) >= 11 is 0. The largest absolute Gasteiger partial charge is 0.435 e. The molecular formula is C11H9F3N2O. The summed E-state index contributed by atoms with van der Waals surface area (Å²) in [5.74, 6) is 0. The number of hydrogen-bond acceptors (Lipinski definition) is 2. The summed E-state index contributed by atoms with van der Waals surface area (Å²) in [5.41, 5.74) is 0.0000624. The van der Waals surface area contributed by atoms with Gasteiger partial charge in [-0.15, -0.1) is 0 Å². The van der Waals surface area contributed by atoms with Crippen LogP contribution in [-0.4, -0.2) is 14.9 Å². The number of hydrogen-bond donors (Lipinski definition) is 1. The van der Waals surface area contributed by atoms with Gasteiger partial charge < -0.3 is 5.11 Å². The van der Waals surface area contributed by atoms with Crippen LogP contribution in [0.4, 0.5) is 13.2 Å². The molecule has 0 saturated heterocycles. The van der Waals surface area contributed by atoms with Crippen molar-refractivity contribution in [2.75, 3.05) is 0 Å². The summed E-state index contributed by atoms with van der Waals surface area (Å²) in [4.78, 5) is 0. The van der Waals surface area contributed by atoms with E-state index in [4.69, 9.17) is 5.11 Å². The van der Waals surface area contributed by atoms with E-state index in [1.807, 2.05) is 0 Å². The Bertz CT molecular complexity index is 519. The van der Waals surface area contributed by atoms with Crippen LogP contribution in [0.15, 0.2) is 36.5 Å². The lowest BCUT2D eigenvalue weighted by molar-refractivity contribution is -0.141. The van der Waals surface area contributed by atoms with E-state index in [0.29, 0.717) is 11.3 Å². The Morgan fingerprint density at radius 2 is 1.88 bits per heavy atom. The number of para-hydroxylation sites is 1. The van der Waals surface area contributed by atoms with E-state index in [1.165, 1.54) is 6.20 Å². The Kier molecular flexibility index (Phi) is 2.89. The van der Waals surface area contributed by atoms with Crippen LogP contribution in [0.5, 0.6) is 0 Å². The van der Waals surface area contributed by atoms with Crippen molar-refractivity contribution in [1.82, 2.24) is 9.78 Å². The van der Waals surface area contributed by atoms with Crippen molar-refractivity contribution >= 4 is 0 Å². The second-order valence-electron chi connectivity index (χ2n) is 3.43. The summed E-state index contributed by atoms with van der Waals surface area (Å²) < 4.78 is 38.2. The van der Waals surface area contributed by atoms with Gasteiger partial charge in [0, 0.05) is 11.8 Å². The highest BCUT2D eigenvalue weighted by molar-refractivity contribution is 5.40. The molecule has 0 atom stereocenters. The Morgan fingerprint density at radius 3 is 2.47 bits per heavy atom. The van der Waals surface area contributed by atoms with Crippen LogP contribution in [0.1, 0.15) is 11.3 Å². The van der Waals surface area contributed by atoms with E-state index in [0.717, 1.165) is 10.7 Å². The quantitative estimate of drug-likeness (QED) is 0.878. The molecule has 0 saturated carbocycles. The van der Waals surface area contributed by atoms with Gasteiger partial charge in [-0.3, -0.25) is 0 Å². The molecule has 1 aromatic carbocycles. The maximum absolute atomic E-state index is 12.4. The van der Waals surface area contributed by atoms with Gasteiger partial charge in [0.05, 0.1) is 12.3 Å². The molecule has 0 unspecified atom stereocenters. The highest BCUT2D eigenvalue weighted by atomic mass is 19.4. The third-order valence-electron chi connectivity index (χ3n) is 2.29. The van der Waals surface area contributed by atoms with Crippen LogP contribution < -0.4 is 0 Å². The molecule has 6 heteroatoms. The highest BCUT2D eigenvalue weighted by Gasteiger charge is 2.33. The van der Waals surface area contributed by atoms with Crippen molar-refractivity contribution < 1.29 is 18.3 Å². The Morgan fingerprint density at radius 1 is 1.18 bits per heavy atom. The van der Waals surface area contributed by atoms with Gasteiger partial charge in [0.25, 0.3) is 0 Å². The van der Waals surface area contributed by atoms with Crippen LogP contribution in [0.2, 0.25) is 0 Å². The summed E-state index contributed by atoms with van der Waals surface area (Å²) in [7, 11) is 0. The zero-order valence-electron chi connectivity index (χ0n) is 8.65. The number of nitrogens with zero attached hydrogens (tertiary/aromatic N) is 2. The van der Waals surface area contributed by atoms with Gasteiger partial charge in [0.15, 0.2) is 5.69 Å². The minimum atomic E-state index is -4.46. The summed E-state index contributed by atoms with van der Waals surface area (Å²) in [5, 5.41) is 12.5. The fourth-order valence-electron chi connectivity index (χ4n) is 1.48. The van der Waals surface area contributed by atoms with E-state index in [-0.39, 0.29) is 6.61 Å². The second kappa shape index (κ2) is 4.21. The van der Waals surface area contributed by atoms with Gasteiger partial charge in [-0.05, 0) is 12.1 Å². The van der Waals surface area contributed by atoms with Crippen LogP contribution in [0.3, 0.4) is 0 Å². The van der Waals surface area contributed by atoms with Crippen LogP contribution in [-0.2, 0) is 12.8 Å². The first kappa shape index (κ1) is 11.7. The second-order valence-corrected chi connectivity index (χ2v) is 3.43. The van der Waals surface area contributed by atoms with Crippen LogP contribution in [0, 0.1) is 0 Å². The molecule has 0 bridgehead atoms. The first-order chi connectivity index (χ1) is 8.02. The predicted molar refractivity (Wildman–Crippen MR) is 54.5 cm³/mol. The monoisotopic (exact) mass is 242 g/mol. The lowest BCUT2D eigenvalue weighted by Crippen LogP contribution is -2.08. The molecule has 2 aromatic rings. The van der Waals surface area contributed by atoms with Gasteiger partial charge in [0.1, 0.15) is 0 Å². The molecule has 90 valence electrons. The number of benzene rings is 1. The lowest BCUT2D eigenvalue weighted by Gasteiger charge is -2.07. The van der Waals surface area contributed by atoms with E-state index in [1.54, 1.807) is 24.3 Å². The molecule has 0 fully saturated rings. The molecule has 17 heavy (non-hydrogen) atoms. The van der Waals surface area contributed by atoms with Crippen LogP contribution >= 0.6 is 0 Å². The van der Waals surface area contributed by atoms with Crippen molar-refractivity contribution in [1.29, 1.82) is 0 Å². The minimum absolute atomic E-state index is 0.253. The SMILES string of the molecule is OCc1ccccc1-n1ccc(C(F)(F)F)n1. The number of aliphatic hydroxyl groups is 1. The summed E-state index contributed by atoms with van der Waals surface area (Å²) in [6.07, 6.45) is -3.24. The summed E-state index contributed by atoms with van der Waals surface area (Å²) in [6.45, 7) is -0.253. The van der Waals surface area contributed by atoms with E-state index < -0.39 is 11.9 Å². The molecule has 0 aliphatic heterocycles. The molecular weight excluding hydrogens is 233 g/mol. The van der Waals surface area contributed by atoms with Gasteiger partial charge in [-0.1, -0.05) is 18.2 Å². The van der Waals surface area contributed by atoms with E-state index >= 15 is 0 Å². The first-order valence-corrected chi connectivity index (χ1v) is 4.84. The standard InChI is InChI=1S/C11H9F3N2O/c12-11(13,14)10-5-6-16(15-10)9-4-2-1-3-8(9)7-17/h1-6,17H,7H2. The van der Waals surface area contributed by atoms with E-state index in [9.17, 15) is 13.2 Å². The van der Waals surface area contributed by atoms with Crippen LogP contribution in [0.25, 0.3) is 5.69 Å². The fraction of sp³-hybridized carbons (Fsp3) is 0.182. The molecule has 0 radical (unpaired) electrons. The van der Waals surface area contributed by atoms with Gasteiger partial charge in [0.2, 0.25) is 0 Å². The highest BCUT2D eigenvalue weighted by Crippen LogP contribution is 2.28. The minimum Gasteiger partial charge on any atom is -0.392 e. The molecule has 1 N–H and O–H groups in total. The Labute approximate surface area is 95.1 Å². The molecule has 0 amide bonds. The molecule has 1 aromatic heterocycles. The van der Waals surface area contributed by atoms with Crippen molar-refractivity contribution in [2.45, 2.75) is 12.8 Å². The van der Waals surface area contributed by atoms with Crippen molar-refractivity contribution in [2.24, 2.45) is 0 Å². The molecule has 1 heterocycles. The van der Waals surface area contributed by atoms with E-state index in [2.05, 4.69) is 5.10 Å². The predicted octanol–water partition coefficient (Wildman–Crippen LogP) is 2.38. The topological polar surface area (TPSA) is 38.0 Å². The molecule has 3 nitrogen and oxygen atoms in total. The zero-order chi connectivity index (χ0) is 12.5. The number of alkyl halides is 3. The number of aromatic nitrogens is 2. The fourth-order valence-corrected chi connectivity index (χ4v) is 1.48. The van der Waals surface area contributed by atoms with Gasteiger partial charge in [-0.2, -0.15) is 18.3 Å². The smallest absolute Gasteiger partial charge is 0.392 e. The molecule has 0 aliphatic carbocycles. The average Bonchev–Trinajstić information content (AvgIpc) is 2.77. The first-order valence-electron chi connectivity index (χ1n) is 4.84. The Hall–Kier alpha value is -1.82. The number of aliphatic hydroxyl groups excluding tert-OH is 1. The summed E-state index contributed by atoms with van der Waals surface area (Å²) in [6, 6.07) is 7.49. The van der Waals surface area contributed by atoms with Crippen molar-refractivity contribution in [3.05, 3.63) is 47.8 Å². The average molecular weight is 242 g/mol. The molecule has 0 aliphatic rings.